The van der Waals surface area contributed by atoms with Gasteiger partial charge in [0.1, 0.15) is 11.6 Å². The Balaban J connectivity index is 1.60. The van der Waals surface area contributed by atoms with Crippen molar-refractivity contribution in [2.24, 2.45) is 0 Å². The molecule has 1 fully saturated rings. The van der Waals surface area contributed by atoms with E-state index in [0.717, 1.165) is 68.1 Å². The van der Waals surface area contributed by atoms with Crippen LogP contribution in [0.1, 0.15) is 13.8 Å². The van der Waals surface area contributed by atoms with Crippen LogP contribution in [0.2, 0.25) is 0 Å². The zero-order valence-electron chi connectivity index (χ0n) is 17.2. The van der Waals surface area contributed by atoms with E-state index < -0.39 is 0 Å². The highest BCUT2D eigenvalue weighted by Gasteiger charge is 2.21. The van der Waals surface area contributed by atoms with Crippen LogP contribution in [-0.4, -0.2) is 54.2 Å². The molecular formula is C23H28N6. The summed E-state index contributed by atoms with van der Waals surface area (Å²) in [5, 5.41) is 0. The van der Waals surface area contributed by atoms with Gasteiger partial charge in [-0.1, -0.05) is 36.4 Å². The Morgan fingerprint density at radius 1 is 0.793 bits per heavy atom. The summed E-state index contributed by atoms with van der Waals surface area (Å²) in [5.74, 6) is 2.85. The molecule has 4 rings (SSSR count). The lowest BCUT2D eigenvalue weighted by molar-refractivity contribution is 0.640. The number of anilines is 3. The normalized spacial score (nSPS) is 14.1. The summed E-state index contributed by atoms with van der Waals surface area (Å²) >= 11 is 0. The first-order valence-electron chi connectivity index (χ1n) is 10.4. The first kappa shape index (κ1) is 19.2. The van der Waals surface area contributed by atoms with Gasteiger partial charge in [-0.05, 0) is 26.0 Å². The quantitative estimate of drug-likeness (QED) is 0.642. The fourth-order valence-corrected chi connectivity index (χ4v) is 3.69. The molecule has 0 aliphatic carbocycles. The molecule has 3 heterocycles. The van der Waals surface area contributed by atoms with Crippen LogP contribution in [0.3, 0.4) is 0 Å². The summed E-state index contributed by atoms with van der Waals surface area (Å²) in [7, 11) is 0. The Kier molecular flexibility index (Phi) is 5.89. The van der Waals surface area contributed by atoms with E-state index in [4.69, 9.17) is 9.97 Å². The van der Waals surface area contributed by atoms with Gasteiger partial charge in [-0.3, -0.25) is 0 Å². The Hall–Kier alpha value is -3.15. The van der Waals surface area contributed by atoms with Crippen molar-refractivity contribution in [3.8, 4) is 11.3 Å². The zero-order valence-corrected chi connectivity index (χ0v) is 17.2. The molecular weight excluding hydrogens is 360 g/mol. The number of hydrogen-bond donors (Lipinski definition) is 0. The number of rotatable bonds is 6. The maximum absolute atomic E-state index is 4.93. The first-order chi connectivity index (χ1) is 14.3. The third-order valence-electron chi connectivity index (χ3n) is 5.39. The summed E-state index contributed by atoms with van der Waals surface area (Å²) in [5.41, 5.74) is 2.10. The average Bonchev–Trinajstić information content (AvgIpc) is 2.81. The lowest BCUT2D eigenvalue weighted by Gasteiger charge is -2.36. The van der Waals surface area contributed by atoms with Crippen LogP contribution >= 0.6 is 0 Å². The van der Waals surface area contributed by atoms with Gasteiger partial charge in [-0.2, -0.15) is 4.98 Å². The Bertz CT molecular complexity index is 903. The smallest absolute Gasteiger partial charge is 0.227 e. The predicted molar refractivity (Wildman–Crippen MR) is 120 cm³/mol. The summed E-state index contributed by atoms with van der Waals surface area (Å²) in [6.07, 6.45) is 1.86. The monoisotopic (exact) mass is 388 g/mol. The molecule has 6 heteroatoms. The van der Waals surface area contributed by atoms with Crippen LogP contribution in [-0.2, 0) is 0 Å². The molecule has 0 N–H and O–H groups in total. The van der Waals surface area contributed by atoms with E-state index >= 15 is 0 Å². The molecule has 0 spiro atoms. The van der Waals surface area contributed by atoms with E-state index in [2.05, 4.69) is 69.9 Å². The largest absolute Gasteiger partial charge is 0.353 e. The molecule has 3 aromatic rings. The molecule has 0 saturated carbocycles. The molecule has 0 amide bonds. The number of nitrogens with zero attached hydrogens (tertiary/aromatic N) is 6. The molecule has 0 radical (unpaired) electrons. The average molecular weight is 389 g/mol. The number of benzene rings is 1. The molecule has 1 aliphatic rings. The van der Waals surface area contributed by atoms with Gasteiger partial charge in [0.2, 0.25) is 5.95 Å². The van der Waals surface area contributed by atoms with E-state index in [1.54, 1.807) is 0 Å². The zero-order chi connectivity index (χ0) is 20.1. The molecule has 2 aromatic heterocycles. The van der Waals surface area contributed by atoms with E-state index in [-0.39, 0.29) is 0 Å². The number of pyridine rings is 1. The van der Waals surface area contributed by atoms with Crippen molar-refractivity contribution in [3.63, 3.8) is 0 Å². The number of piperazine rings is 1. The van der Waals surface area contributed by atoms with E-state index in [1.807, 2.05) is 24.4 Å². The summed E-state index contributed by atoms with van der Waals surface area (Å²) < 4.78 is 0. The van der Waals surface area contributed by atoms with Crippen molar-refractivity contribution in [1.82, 2.24) is 15.0 Å². The van der Waals surface area contributed by atoms with Crippen molar-refractivity contribution >= 4 is 17.6 Å². The standard InChI is InChI=1S/C23H28N6/c1-3-27(4-2)23-25-20(19-10-6-5-7-11-19)18-22(26-23)29-16-14-28(15-17-29)21-12-8-9-13-24-21/h5-13,18H,3-4,14-17H2,1-2H3. The fourth-order valence-electron chi connectivity index (χ4n) is 3.69. The van der Waals surface area contributed by atoms with Gasteiger partial charge in [-0.25, -0.2) is 9.97 Å². The Morgan fingerprint density at radius 2 is 1.45 bits per heavy atom. The second kappa shape index (κ2) is 8.90. The second-order valence-corrected chi connectivity index (χ2v) is 7.11. The first-order valence-corrected chi connectivity index (χ1v) is 10.4. The van der Waals surface area contributed by atoms with Crippen LogP contribution < -0.4 is 14.7 Å². The van der Waals surface area contributed by atoms with Crippen LogP contribution in [0.25, 0.3) is 11.3 Å². The van der Waals surface area contributed by atoms with Crippen LogP contribution in [0.5, 0.6) is 0 Å². The predicted octanol–water partition coefficient (Wildman–Crippen LogP) is 3.71. The molecule has 0 unspecified atom stereocenters. The highest BCUT2D eigenvalue weighted by atomic mass is 15.3. The van der Waals surface area contributed by atoms with Gasteiger partial charge in [0.25, 0.3) is 0 Å². The highest BCUT2D eigenvalue weighted by Crippen LogP contribution is 2.26. The van der Waals surface area contributed by atoms with Gasteiger partial charge in [0, 0.05) is 57.1 Å². The van der Waals surface area contributed by atoms with Crippen molar-refractivity contribution < 1.29 is 0 Å². The third kappa shape index (κ3) is 4.31. The van der Waals surface area contributed by atoms with Gasteiger partial charge in [-0.15, -0.1) is 0 Å². The van der Waals surface area contributed by atoms with Gasteiger partial charge in [0.05, 0.1) is 5.69 Å². The molecule has 6 nitrogen and oxygen atoms in total. The maximum Gasteiger partial charge on any atom is 0.227 e. The third-order valence-corrected chi connectivity index (χ3v) is 5.39. The second-order valence-electron chi connectivity index (χ2n) is 7.11. The number of hydrogen-bond acceptors (Lipinski definition) is 6. The summed E-state index contributed by atoms with van der Waals surface area (Å²) in [4.78, 5) is 21.2. The van der Waals surface area contributed by atoms with Gasteiger partial charge in [0.15, 0.2) is 0 Å². The van der Waals surface area contributed by atoms with Crippen molar-refractivity contribution in [3.05, 3.63) is 60.8 Å². The highest BCUT2D eigenvalue weighted by molar-refractivity contribution is 5.65. The molecule has 1 aliphatic heterocycles. The van der Waals surface area contributed by atoms with Crippen molar-refractivity contribution in [1.29, 1.82) is 0 Å². The van der Waals surface area contributed by atoms with Crippen molar-refractivity contribution in [2.45, 2.75) is 13.8 Å². The molecule has 0 atom stereocenters. The molecule has 0 bridgehead atoms. The molecule has 29 heavy (non-hydrogen) atoms. The lowest BCUT2D eigenvalue weighted by atomic mass is 10.1. The van der Waals surface area contributed by atoms with Crippen LogP contribution in [0.4, 0.5) is 17.6 Å². The lowest BCUT2D eigenvalue weighted by Crippen LogP contribution is -2.47. The van der Waals surface area contributed by atoms with E-state index in [0.29, 0.717) is 0 Å². The van der Waals surface area contributed by atoms with Gasteiger partial charge < -0.3 is 14.7 Å². The summed E-state index contributed by atoms with van der Waals surface area (Å²) in [6.45, 7) is 9.77. The molecule has 1 aromatic carbocycles. The minimum Gasteiger partial charge on any atom is -0.353 e. The van der Waals surface area contributed by atoms with Crippen LogP contribution in [0.15, 0.2) is 60.8 Å². The Morgan fingerprint density at radius 3 is 2.07 bits per heavy atom. The van der Waals surface area contributed by atoms with Gasteiger partial charge >= 0.3 is 0 Å². The summed E-state index contributed by atoms with van der Waals surface area (Å²) in [6, 6.07) is 18.6. The molecule has 150 valence electrons. The topological polar surface area (TPSA) is 48.4 Å². The number of aromatic nitrogens is 3. The molecule has 1 saturated heterocycles. The minimum absolute atomic E-state index is 0.804. The minimum atomic E-state index is 0.804. The van der Waals surface area contributed by atoms with E-state index in [1.165, 1.54) is 0 Å². The van der Waals surface area contributed by atoms with Crippen LogP contribution in [0, 0.1) is 0 Å². The maximum atomic E-state index is 4.93. The Labute approximate surface area is 172 Å². The van der Waals surface area contributed by atoms with Crippen molar-refractivity contribution in [2.75, 3.05) is 54.0 Å². The fraction of sp³-hybridized carbons (Fsp3) is 0.348. The van der Waals surface area contributed by atoms with E-state index in [9.17, 15) is 0 Å². The SMILES string of the molecule is CCN(CC)c1nc(-c2ccccc2)cc(N2CCN(c3ccccn3)CC2)n1.